The van der Waals surface area contributed by atoms with Crippen molar-refractivity contribution >= 4 is 5.91 Å². The zero-order chi connectivity index (χ0) is 13.8. The summed E-state index contributed by atoms with van der Waals surface area (Å²) in [4.78, 5) is 11.6. The summed E-state index contributed by atoms with van der Waals surface area (Å²) in [5.41, 5.74) is 8.91. The van der Waals surface area contributed by atoms with Crippen LogP contribution in [0.25, 0.3) is 0 Å². The number of carbonyl (C=O) groups is 1. The number of amides is 1. The van der Waals surface area contributed by atoms with Crippen LogP contribution < -0.4 is 10.5 Å². The summed E-state index contributed by atoms with van der Waals surface area (Å²) in [6, 6.07) is 13.7. The Hall–Kier alpha value is -2.29. The highest BCUT2D eigenvalue weighted by molar-refractivity contribution is 5.95. The maximum absolute atomic E-state index is 11.6. The lowest BCUT2D eigenvalue weighted by atomic mass is 9.96. The van der Waals surface area contributed by atoms with Crippen LogP contribution in [-0.2, 0) is 6.42 Å². The molecule has 0 saturated carbocycles. The third-order valence-corrected chi connectivity index (χ3v) is 3.06. The van der Waals surface area contributed by atoms with E-state index in [-0.39, 0.29) is 0 Å². The molecule has 1 amide bonds. The Bertz CT molecular complexity index is 591. The van der Waals surface area contributed by atoms with E-state index in [2.05, 4.69) is 0 Å². The first kappa shape index (κ1) is 13.1. The Morgan fingerprint density at radius 2 is 1.89 bits per heavy atom. The van der Waals surface area contributed by atoms with Crippen molar-refractivity contribution in [2.24, 2.45) is 5.73 Å². The number of methoxy groups -OCH3 is 1. The highest BCUT2D eigenvalue weighted by Crippen LogP contribution is 2.27. The van der Waals surface area contributed by atoms with E-state index in [1.807, 2.05) is 49.4 Å². The average molecular weight is 255 g/mol. The van der Waals surface area contributed by atoms with Crippen LogP contribution in [-0.4, -0.2) is 13.0 Å². The summed E-state index contributed by atoms with van der Waals surface area (Å²) in [7, 11) is 1.61. The van der Waals surface area contributed by atoms with Gasteiger partial charge in [0.25, 0.3) is 0 Å². The Morgan fingerprint density at radius 1 is 1.21 bits per heavy atom. The molecule has 0 aliphatic heterocycles. The molecular weight excluding hydrogens is 238 g/mol. The molecule has 0 aliphatic rings. The maximum Gasteiger partial charge on any atom is 0.249 e. The Labute approximate surface area is 113 Å². The summed E-state index contributed by atoms with van der Waals surface area (Å²) in [6.07, 6.45) is 0.628. The van der Waals surface area contributed by atoms with Crippen molar-refractivity contribution < 1.29 is 9.53 Å². The van der Waals surface area contributed by atoms with Gasteiger partial charge in [-0.2, -0.15) is 0 Å². The lowest BCUT2D eigenvalue weighted by Crippen LogP contribution is -2.15. The predicted octanol–water partition coefficient (Wildman–Crippen LogP) is 2.69. The van der Waals surface area contributed by atoms with Crippen LogP contribution in [0.2, 0.25) is 0 Å². The molecule has 3 nitrogen and oxygen atoms in total. The van der Waals surface area contributed by atoms with Crippen molar-refractivity contribution in [1.29, 1.82) is 0 Å². The molecule has 2 aromatic rings. The van der Waals surface area contributed by atoms with Gasteiger partial charge in [-0.25, -0.2) is 0 Å². The van der Waals surface area contributed by atoms with Crippen LogP contribution >= 0.6 is 0 Å². The standard InChI is InChI=1S/C16H17NO2/c1-11-8-14(16(17)18)13(15(9-11)19-2)10-12-6-4-3-5-7-12/h3-9H,10H2,1-2H3,(H2,17,18). The Morgan fingerprint density at radius 3 is 2.47 bits per heavy atom. The molecule has 0 heterocycles. The summed E-state index contributed by atoms with van der Waals surface area (Å²) in [6.45, 7) is 1.92. The number of carbonyl (C=O) groups excluding carboxylic acids is 1. The van der Waals surface area contributed by atoms with Crippen molar-refractivity contribution in [2.75, 3.05) is 7.11 Å². The van der Waals surface area contributed by atoms with Gasteiger partial charge in [0, 0.05) is 17.5 Å². The van der Waals surface area contributed by atoms with Crippen molar-refractivity contribution in [3.63, 3.8) is 0 Å². The number of primary amides is 1. The number of hydrogen-bond acceptors (Lipinski definition) is 2. The molecule has 0 saturated heterocycles. The molecular formula is C16H17NO2. The van der Waals surface area contributed by atoms with Crippen LogP contribution in [0.5, 0.6) is 5.75 Å². The first-order valence-electron chi connectivity index (χ1n) is 6.13. The van der Waals surface area contributed by atoms with E-state index in [0.29, 0.717) is 17.7 Å². The van der Waals surface area contributed by atoms with Crippen LogP contribution in [0.3, 0.4) is 0 Å². The number of benzene rings is 2. The molecule has 3 heteroatoms. The van der Waals surface area contributed by atoms with E-state index in [1.165, 1.54) is 0 Å². The minimum Gasteiger partial charge on any atom is -0.496 e. The van der Waals surface area contributed by atoms with E-state index in [9.17, 15) is 4.79 Å². The second-order valence-electron chi connectivity index (χ2n) is 4.52. The number of rotatable bonds is 4. The van der Waals surface area contributed by atoms with Gasteiger partial charge in [0.1, 0.15) is 5.75 Å². The van der Waals surface area contributed by atoms with Crippen LogP contribution in [0.4, 0.5) is 0 Å². The van der Waals surface area contributed by atoms with E-state index in [1.54, 1.807) is 7.11 Å². The van der Waals surface area contributed by atoms with Gasteiger partial charge in [-0.3, -0.25) is 4.79 Å². The lowest BCUT2D eigenvalue weighted by Gasteiger charge is -2.13. The topological polar surface area (TPSA) is 52.3 Å². The molecule has 0 fully saturated rings. The van der Waals surface area contributed by atoms with Crippen molar-refractivity contribution in [3.8, 4) is 5.75 Å². The van der Waals surface area contributed by atoms with Gasteiger partial charge in [0.2, 0.25) is 5.91 Å². The summed E-state index contributed by atoms with van der Waals surface area (Å²) in [5.74, 6) is 0.283. The smallest absolute Gasteiger partial charge is 0.249 e. The fraction of sp³-hybridized carbons (Fsp3) is 0.188. The molecule has 0 aromatic heterocycles. The van der Waals surface area contributed by atoms with Gasteiger partial charge in [-0.15, -0.1) is 0 Å². The zero-order valence-electron chi connectivity index (χ0n) is 11.1. The van der Waals surface area contributed by atoms with Gasteiger partial charge < -0.3 is 10.5 Å². The summed E-state index contributed by atoms with van der Waals surface area (Å²) < 4.78 is 5.38. The molecule has 2 rings (SSSR count). The van der Waals surface area contributed by atoms with E-state index in [4.69, 9.17) is 10.5 Å². The van der Waals surface area contributed by atoms with Crippen molar-refractivity contribution in [2.45, 2.75) is 13.3 Å². The SMILES string of the molecule is COc1cc(C)cc(C(N)=O)c1Cc1ccccc1. The normalized spacial score (nSPS) is 10.2. The van der Waals surface area contributed by atoms with E-state index in [0.717, 1.165) is 16.7 Å². The third kappa shape index (κ3) is 2.94. The van der Waals surface area contributed by atoms with Crippen LogP contribution in [0, 0.1) is 6.92 Å². The molecule has 0 radical (unpaired) electrons. The number of aryl methyl sites for hydroxylation is 1. The largest absolute Gasteiger partial charge is 0.496 e. The molecule has 2 aromatic carbocycles. The average Bonchev–Trinajstić information content (AvgIpc) is 2.41. The Balaban J connectivity index is 2.51. The van der Waals surface area contributed by atoms with Crippen LogP contribution in [0.1, 0.15) is 27.0 Å². The molecule has 0 aliphatic carbocycles. The monoisotopic (exact) mass is 255 g/mol. The van der Waals surface area contributed by atoms with Gasteiger partial charge in [0.15, 0.2) is 0 Å². The molecule has 0 atom stereocenters. The first-order valence-corrected chi connectivity index (χ1v) is 6.13. The number of ether oxygens (including phenoxy) is 1. The number of hydrogen-bond donors (Lipinski definition) is 1. The predicted molar refractivity (Wildman–Crippen MR) is 75.5 cm³/mol. The molecule has 19 heavy (non-hydrogen) atoms. The highest BCUT2D eigenvalue weighted by Gasteiger charge is 2.15. The van der Waals surface area contributed by atoms with Gasteiger partial charge in [-0.1, -0.05) is 30.3 Å². The molecule has 0 spiro atoms. The highest BCUT2D eigenvalue weighted by atomic mass is 16.5. The van der Waals surface area contributed by atoms with Gasteiger partial charge >= 0.3 is 0 Å². The lowest BCUT2D eigenvalue weighted by molar-refractivity contribution is 0.0999. The van der Waals surface area contributed by atoms with E-state index < -0.39 is 5.91 Å². The summed E-state index contributed by atoms with van der Waals surface area (Å²) >= 11 is 0. The van der Waals surface area contributed by atoms with Crippen LogP contribution in [0.15, 0.2) is 42.5 Å². The molecule has 0 bridgehead atoms. The van der Waals surface area contributed by atoms with Gasteiger partial charge in [-0.05, 0) is 30.2 Å². The first-order chi connectivity index (χ1) is 9.11. The maximum atomic E-state index is 11.6. The minimum atomic E-state index is -0.423. The molecule has 98 valence electrons. The van der Waals surface area contributed by atoms with Crippen molar-refractivity contribution in [3.05, 3.63) is 64.7 Å². The van der Waals surface area contributed by atoms with Crippen molar-refractivity contribution in [1.82, 2.24) is 0 Å². The second kappa shape index (κ2) is 5.57. The quantitative estimate of drug-likeness (QED) is 0.913. The van der Waals surface area contributed by atoms with E-state index >= 15 is 0 Å². The number of nitrogens with two attached hydrogens (primary N) is 1. The van der Waals surface area contributed by atoms with Gasteiger partial charge in [0.05, 0.1) is 7.11 Å². The zero-order valence-corrected chi connectivity index (χ0v) is 11.1. The molecule has 2 N–H and O–H groups in total. The Kier molecular flexibility index (Phi) is 3.85. The fourth-order valence-electron chi connectivity index (χ4n) is 2.17. The molecule has 0 unspecified atom stereocenters. The third-order valence-electron chi connectivity index (χ3n) is 3.06. The second-order valence-corrected chi connectivity index (χ2v) is 4.52. The minimum absolute atomic E-state index is 0.423. The fourth-order valence-corrected chi connectivity index (χ4v) is 2.17. The summed E-state index contributed by atoms with van der Waals surface area (Å²) in [5, 5.41) is 0.